The first-order chi connectivity index (χ1) is 19.8. The zero-order chi connectivity index (χ0) is 28.8. The van der Waals surface area contributed by atoms with Crippen LogP contribution in [-0.2, 0) is 22.6 Å². The number of likely N-dealkylation sites (tertiary alicyclic amines) is 1. The Morgan fingerprint density at radius 3 is 2.73 bits per heavy atom. The molecule has 2 aromatic carbocycles. The third-order valence-electron chi connectivity index (χ3n) is 8.80. The summed E-state index contributed by atoms with van der Waals surface area (Å²) in [6.07, 6.45) is 13.0. The summed E-state index contributed by atoms with van der Waals surface area (Å²) in [6.45, 7) is 4.92. The normalized spacial score (nSPS) is 28.0. The summed E-state index contributed by atoms with van der Waals surface area (Å²) in [5.74, 6) is 1.00. The van der Waals surface area contributed by atoms with Gasteiger partial charge in [-0.3, -0.25) is 14.6 Å². The van der Waals surface area contributed by atoms with Gasteiger partial charge in [0.15, 0.2) is 0 Å². The Morgan fingerprint density at radius 2 is 2.00 bits per heavy atom. The van der Waals surface area contributed by atoms with Crippen LogP contribution in [0.3, 0.4) is 0 Å². The topological polar surface area (TPSA) is 83.1 Å². The van der Waals surface area contributed by atoms with Crippen LogP contribution >= 0.6 is 0 Å². The average Bonchev–Trinajstić information content (AvgIpc) is 3.54. The highest BCUT2D eigenvalue weighted by Crippen LogP contribution is 2.59. The highest BCUT2D eigenvalue weighted by molar-refractivity contribution is 6.00. The Morgan fingerprint density at radius 1 is 1.15 bits per heavy atom. The first-order valence-corrected chi connectivity index (χ1v) is 14.3. The maximum absolute atomic E-state index is 13.9. The van der Waals surface area contributed by atoms with E-state index in [-0.39, 0.29) is 23.8 Å². The van der Waals surface area contributed by atoms with Gasteiger partial charge < -0.3 is 19.7 Å². The molecule has 2 N–H and O–H groups in total. The molecule has 0 spiro atoms. The van der Waals surface area contributed by atoms with Crippen molar-refractivity contribution in [3.05, 3.63) is 89.5 Å². The second kappa shape index (κ2) is 10.4. The Labute approximate surface area is 241 Å². The van der Waals surface area contributed by atoms with Crippen molar-refractivity contribution in [3.63, 3.8) is 0 Å². The number of hydrogen-bond acceptors (Lipinski definition) is 6. The van der Waals surface area contributed by atoms with Gasteiger partial charge in [0.1, 0.15) is 17.2 Å². The van der Waals surface area contributed by atoms with Crippen molar-refractivity contribution < 1.29 is 19.1 Å². The van der Waals surface area contributed by atoms with E-state index in [1.54, 1.807) is 19.1 Å². The molecular weight excluding hydrogens is 516 g/mol. The maximum atomic E-state index is 13.9. The monoisotopic (exact) mass is 554 g/mol. The molecule has 8 nitrogen and oxygen atoms in total. The van der Waals surface area contributed by atoms with E-state index < -0.39 is 11.1 Å². The lowest BCUT2D eigenvalue weighted by molar-refractivity contribution is -0.130. The molecule has 214 valence electrons. The fourth-order valence-corrected chi connectivity index (χ4v) is 6.39. The molecule has 4 aliphatic rings. The molecule has 2 fully saturated rings. The van der Waals surface area contributed by atoms with E-state index in [2.05, 4.69) is 77.3 Å². The Balaban J connectivity index is 1.21. The van der Waals surface area contributed by atoms with Crippen LogP contribution in [0.5, 0.6) is 11.5 Å². The molecule has 2 aliphatic carbocycles. The minimum atomic E-state index is -0.804. The van der Waals surface area contributed by atoms with Gasteiger partial charge >= 0.3 is 0 Å². The zero-order valence-corrected chi connectivity index (χ0v) is 24.1. The fourth-order valence-electron chi connectivity index (χ4n) is 6.39. The quantitative estimate of drug-likeness (QED) is 0.484. The van der Waals surface area contributed by atoms with Crippen molar-refractivity contribution in [2.24, 2.45) is 11.3 Å². The molecule has 0 bridgehead atoms. The van der Waals surface area contributed by atoms with Crippen LogP contribution in [0.15, 0.2) is 72.8 Å². The Kier molecular flexibility index (Phi) is 6.90. The van der Waals surface area contributed by atoms with Gasteiger partial charge in [-0.05, 0) is 61.6 Å². The third-order valence-corrected chi connectivity index (χ3v) is 8.80. The van der Waals surface area contributed by atoms with Crippen molar-refractivity contribution in [1.29, 1.82) is 0 Å². The highest BCUT2D eigenvalue weighted by Gasteiger charge is 2.70. The van der Waals surface area contributed by atoms with E-state index in [1.165, 1.54) is 5.56 Å². The number of methoxy groups -OCH3 is 2. The molecule has 0 radical (unpaired) electrons. The molecule has 1 saturated heterocycles. The number of fused-ring (bicyclic) bond motifs is 1. The first kappa shape index (κ1) is 27.1. The molecule has 0 aromatic heterocycles. The summed E-state index contributed by atoms with van der Waals surface area (Å²) in [4.78, 5) is 29.0. The highest BCUT2D eigenvalue weighted by atomic mass is 16.5. The molecule has 1 saturated carbocycles. The SMILES string of the molecule is CCc1cccc(C2=CC(C)(NC(=O)C34CC3C(=O)N(Cc3ccc(OC)cc3OC)C4)NN2C2C=CC=CC2)c1. The summed E-state index contributed by atoms with van der Waals surface area (Å²) < 4.78 is 10.8. The second-order valence-corrected chi connectivity index (χ2v) is 11.6. The van der Waals surface area contributed by atoms with Crippen molar-refractivity contribution in [2.75, 3.05) is 20.8 Å². The molecule has 2 aliphatic heterocycles. The lowest BCUT2D eigenvalue weighted by atomic mass is 10.0. The van der Waals surface area contributed by atoms with Gasteiger partial charge in [0.05, 0.1) is 37.3 Å². The van der Waals surface area contributed by atoms with Crippen LogP contribution in [-0.4, -0.2) is 54.2 Å². The van der Waals surface area contributed by atoms with Crippen molar-refractivity contribution in [2.45, 2.75) is 51.4 Å². The molecular formula is C33H38N4O4. The van der Waals surface area contributed by atoms with E-state index in [1.807, 2.05) is 25.1 Å². The van der Waals surface area contributed by atoms with Crippen molar-refractivity contribution >= 4 is 17.5 Å². The lowest BCUT2D eigenvalue weighted by Gasteiger charge is -2.35. The molecule has 2 amide bonds. The number of benzene rings is 2. The fraction of sp³-hybridized carbons (Fsp3) is 0.394. The second-order valence-electron chi connectivity index (χ2n) is 11.6. The van der Waals surface area contributed by atoms with Crippen LogP contribution < -0.4 is 20.2 Å². The largest absolute Gasteiger partial charge is 0.497 e. The third kappa shape index (κ3) is 4.90. The van der Waals surface area contributed by atoms with Gasteiger partial charge in [0, 0.05) is 24.7 Å². The van der Waals surface area contributed by atoms with Gasteiger partial charge in [-0.2, -0.15) is 0 Å². The first-order valence-electron chi connectivity index (χ1n) is 14.3. The Bertz CT molecular complexity index is 1460. The molecule has 41 heavy (non-hydrogen) atoms. The number of nitrogens with one attached hydrogen (secondary N) is 2. The minimum absolute atomic E-state index is 0.0240. The van der Waals surface area contributed by atoms with Gasteiger partial charge in [0.25, 0.3) is 0 Å². The zero-order valence-electron chi connectivity index (χ0n) is 24.1. The van der Waals surface area contributed by atoms with Gasteiger partial charge in [-0.1, -0.05) is 49.4 Å². The van der Waals surface area contributed by atoms with Crippen LogP contribution in [0.1, 0.15) is 43.4 Å². The predicted molar refractivity (Wildman–Crippen MR) is 158 cm³/mol. The maximum Gasteiger partial charge on any atom is 0.230 e. The summed E-state index contributed by atoms with van der Waals surface area (Å²) >= 11 is 0. The van der Waals surface area contributed by atoms with E-state index in [9.17, 15) is 9.59 Å². The molecule has 6 rings (SSSR count). The smallest absolute Gasteiger partial charge is 0.230 e. The number of amides is 2. The molecule has 2 heterocycles. The number of hydrazine groups is 1. The number of rotatable bonds is 9. The van der Waals surface area contributed by atoms with Gasteiger partial charge in [-0.25, -0.2) is 5.43 Å². The number of carbonyl (C=O) groups is 2. The number of carbonyl (C=O) groups excluding carboxylic acids is 2. The number of aryl methyl sites for hydroxylation is 1. The number of allylic oxidation sites excluding steroid dienone is 2. The molecule has 8 heteroatoms. The summed E-state index contributed by atoms with van der Waals surface area (Å²) in [6, 6.07) is 14.3. The van der Waals surface area contributed by atoms with E-state index in [0.717, 1.165) is 29.7 Å². The van der Waals surface area contributed by atoms with Crippen LogP contribution in [0.4, 0.5) is 0 Å². The minimum Gasteiger partial charge on any atom is -0.497 e. The molecule has 4 unspecified atom stereocenters. The summed E-state index contributed by atoms with van der Waals surface area (Å²) in [7, 11) is 3.21. The van der Waals surface area contributed by atoms with E-state index >= 15 is 0 Å². The van der Waals surface area contributed by atoms with Crippen LogP contribution in [0.2, 0.25) is 0 Å². The lowest BCUT2D eigenvalue weighted by Crippen LogP contribution is -2.59. The van der Waals surface area contributed by atoms with E-state index in [0.29, 0.717) is 31.0 Å². The number of nitrogens with zero attached hydrogens (tertiary/aromatic N) is 2. The van der Waals surface area contributed by atoms with Crippen molar-refractivity contribution in [1.82, 2.24) is 20.7 Å². The molecule has 4 atom stereocenters. The number of ether oxygens (including phenoxy) is 2. The Hall–Kier alpha value is -4.04. The number of hydrogen-bond donors (Lipinski definition) is 2. The van der Waals surface area contributed by atoms with Crippen LogP contribution in [0.25, 0.3) is 5.70 Å². The van der Waals surface area contributed by atoms with E-state index in [4.69, 9.17) is 9.47 Å². The summed E-state index contributed by atoms with van der Waals surface area (Å²) in [5, 5.41) is 5.45. The van der Waals surface area contributed by atoms with Gasteiger partial charge in [-0.15, -0.1) is 0 Å². The standard InChI is InChI=1S/C33H38N4O4/c1-5-22-10-9-11-23(16-22)28-19-32(2,35-37(28)25-12-7-6-8-13-25)34-31(39)33-18-27(33)30(38)36(21-33)20-24-14-15-26(40-3)17-29(24)41-4/h6-12,14-17,19,25,27,35H,5,13,18,20-21H2,1-4H3,(H,34,39). The summed E-state index contributed by atoms with van der Waals surface area (Å²) in [5.41, 5.74) is 6.37. The average molecular weight is 555 g/mol. The predicted octanol–water partition coefficient (Wildman–Crippen LogP) is 4.19. The molecule has 2 aromatic rings. The van der Waals surface area contributed by atoms with Gasteiger partial charge in [0.2, 0.25) is 11.8 Å². The van der Waals surface area contributed by atoms with Crippen LogP contribution in [0, 0.1) is 11.3 Å². The van der Waals surface area contributed by atoms with Crippen molar-refractivity contribution in [3.8, 4) is 11.5 Å². The number of piperidine rings is 1.